The molecule has 0 aromatic rings. The fourth-order valence-electron chi connectivity index (χ4n) is 0.546. The maximum absolute atomic E-state index is 10.7. The van der Waals surface area contributed by atoms with Gasteiger partial charge in [0.05, 0.1) is 0 Å². The van der Waals surface area contributed by atoms with Crippen molar-refractivity contribution in [3.8, 4) is 0 Å². The second-order valence-corrected chi connectivity index (χ2v) is 2.46. The maximum Gasteiger partial charge on any atom is 0.248 e. The number of hydrogen-bond acceptors (Lipinski definition) is 4. The van der Waals surface area contributed by atoms with Gasteiger partial charge in [0.15, 0.2) is 0 Å². The quantitative estimate of drug-likeness (QED) is 0.484. The van der Waals surface area contributed by atoms with Crippen LogP contribution in [0.1, 0.15) is 0 Å². The molecule has 0 saturated heterocycles. The van der Waals surface area contributed by atoms with E-state index in [2.05, 4.69) is 16.1 Å². The fourth-order valence-corrected chi connectivity index (χ4v) is 0.546. The van der Waals surface area contributed by atoms with Crippen LogP contribution in [0.25, 0.3) is 0 Å². The Balaban J connectivity index is 3.17. The van der Waals surface area contributed by atoms with Crippen LogP contribution in [0.2, 0.25) is 0 Å². The molecular weight excluding hydrogens is 146 g/mol. The molecule has 66 valence electrons. The van der Waals surface area contributed by atoms with Gasteiger partial charge < -0.3 is 10.2 Å². The average Bonchev–Trinajstić information content (AvgIpc) is 1.87. The molecule has 5 heteroatoms. The number of nitrogens with one attached hydrogen (secondary N) is 1. The molecule has 3 N–H and O–H groups in total. The number of hydrogen-bond donors (Lipinski definition) is 2. The van der Waals surface area contributed by atoms with E-state index >= 15 is 0 Å². The van der Waals surface area contributed by atoms with Gasteiger partial charge in [0.1, 0.15) is 6.61 Å². The van der Waals surface area contributed by atoms with E-state index in [1.165, 1.54) is 0 Å². The van der Waals surface area contributed by atoms with Crippen LogP contribution in [0, 0.1) is 0 Å². The minimum absolute atomic E-state index is 0.0760. The summed E-state index contributed by atoms with van der Waals surface area (Å²) >= 11 is 0. The molecule has 1 amide bonds. The Morgan fingerprint density at radius 1 is 1.64 bits per heavy atom. The van der Waals surface area contributed by atoms with Gasteiger partial charge in [-0.3, -0.25) is 9.63 Å². The van der Waals surface area contributed by atoms with Gasteiger partial charge in [-0.2, -0.15) is 0 Å². The highest BCUT2D eigenvalue weighted by atomic mass is 16.6. The van der Waals surface area contributed by atoms with Crippen molar-refractivity contribution in [1.82, 2.24) is 10.2 Å². The maximum atomic E-state index is 10.7. The third kappa shape index (κ3) is 7.24. The highest BCUT2D eigenvalue weighted by molar-refractivity contribution is 5.77. The molecule has 0 atom stereocenters. The first-order valence-corrected chi connectivity index (χ1v) is 3.40. The number of likely N-dealkylation sites (N-methyl/N-ethyl adjacent to an activating group) is 1. The van der Waals surface area contributed by atoms with Crippen LogP contribution in [-0.2, 0) is 9.63 Å². The first-order valence-electron chi connectivity index (χ1n) is 3.40. The number of nitrogens with zero attached hydrogens (tertiary/aromatic N) is 1. The van der Waals surface area contributed by atoms with Gasteiger partial charge in [-0.05, 0) is 14.1 Å². The van der Waals surface area contributed by atoms with Crippen LogP contribution in [0.15, 0.2) is 0 Å². The number of carbonyl (C=O) groups is 1. The summed E-state index contributed by atoms with van der Waals surface area (Å²) in [6, 6.07) is 0. The Labute approximate surface area is 66.4 Å². The number of amides is 1. The largest absolute Gasteiger partial charge is 0.353 e. The van der Waals surface area contributed by atoms with E-state index in [4.69, 9.17) is 0 Å². The van der Waals surface area contributed by atoms with Crippen LogP contribution in [0.5, 0.6) is 0 Å². The van der Waals surface area contributed by atoms with E-state index in [1.54, 1.807) is 0 Å². The van der Waals surface area contributed by atoms with Crippen molar-refractivity contribution in [3.63, 3.8) is 0 Å². The summed E-state index contributed by atoms with van der Waals surface area (Å²) in [5.41, 5.74) is 0. The zero-order valence-electron chi connectivity index (χ0n) is 6.96. The molecule has 0 aromatic heterocycles. The third-order valence-electron chi connectivity index (χ3n) is 1.10. The number of nitrogens with two attached hydrogens (primary N) is 1. The summed E-state index contributed by atoms with van der Waals surface area (Å²) in [4.78, 5) is 16.8. The van der Waals surface area contributed by atoms with Gasteiger partial charge in [0.2, 0.25) is 5.91 Å². The molecule has 11 heavy (non-hydrogen) atoms. The average molecular weight is 161 g/mol. The van der Waals surface area contributed by atoms with Gasteiger partial charge in [-0.1, -0.05) is 0 Å². The van der Waals surface area contributed by atoms with Crippen LogP contribution in [0.4, 0.5) is 0 Å². The molecule has 0 heterocycles. The molecule has 0 aliphatic heterocycles. The molecule has 0 unspecified atom stereocenters. The molecule has 0 fully saturated rings. The summed E-state index contributed by atoms with van der Waals surface area (Å²) in [5, 5.41) is 2.63. The lowest BCUT2D eigenvalue weighted by Gasteiger charge is -2.09. The molecule has 0 bridgehead atoms. The van der Waals surface area contributed by atoms with E-state index in [0.29, 0.717) is 6.54 Å². The number of carbonyl (C=O) groups excluding carboxylic acids is 1. The molecule has 0 aromatic carbocycles. The Kier molecular flexibility index (Phi) is 5.73. The predicted molar refractivity (Wildman–Crippen MR) is 41.7 cm³/mol. The second-order valence-electron chi connectivity index (χ2n) is 2.46. The summed E-state index contributed by atoms with van der Waals surface area (Å²) in [6.45, 7) is 1.36. The van der Waals surface area contributed by atoms with Crippen molar-refractivity contribution < 1.29 is 9.63 Å². The van der Waals surface area contributed by atoms with E-state index in [-0.39, 0.29) is 12.5 Å². The van der Waals surface area contributed by atoms with Gasteiger partial charge in [-0.25, -0.2) is 5.90 Å². The first-order chi connectivity index (χ1) is 5.16. The molecular formula is C6H15N3O2. The number of rotatable bonds is 5. The minimum atomic E-state index is -0.186. The van der Waals surface area contributed by atoms with Gasteiger partial charge in [0, 0.05) is 13.1 Å². The Hall–Kier alpha value is -0.650. The molecule has 0 aliphatic carbocycles. The van der Waals surface area contributed by atoms with E-state index in [1.807, 2.05) is 19.0 Å². The lowest BCUT2D eigenvalue weighted by atomic mass is 10.5. The summed E-state index contributed by atoms with van der Waals surface area (Å²) in [6.07, 6.45) is 0. The summed E-state index contributed by atoms with van der Waals surface area (Å²) < 4.78 is 0. The van der Waals surface area contributed by atoms with Crippen molar-refractivity contribution in [2.75, 3.05) is 33.8 Å². The Morgan fingerprint density at radius 2 is 2.27 bits per heavy atom. The zero-order chi connectivity index (χ0) is 8.69. The van der Waals surface area contributed by atoms with Crippen LogP contribution in [-0.4, -0.2) is 44.6 Å². The van der Waals surface area contributed by atoms with Crippen LogP contribution in [0.3, 0.4) is 0 Å². The molecule has 5 nitrogen and oxygen atoms in total. The van der Waals surface area contributed by atoms with E-state index in [0.717, 1.165) is 6.54 Å². The monoisotopic (exact) mass is 161 g/mol. The van der Waals surface area contributed by atoms with Crippen LogP contribution >= 0.6 is 0 Å². The van der Waals surface area contributed by atoms with Gasteiger partial charge in [0.25, 0.3) is 0 Å². The lowest BCUT2D eigenvalue weighted by Crippen LogP contribution is -2.34. The van der Waals surface area contributed by atoms with Crippen molar-refractivity contribution in [2.24, 2.45) is 5.90 Å². The van der Waals surface area contributed by atoms with Gasteiger partial charge >= 0.3 is 0 Å². The van der Waals surface area contributed by atoms with Crippen molar-refractivity contribution >= 4 is 5.91 Å². The highest BCUT2D eigenvalue weighted by Crippen LogP contribution is 1.71. The van der Waals surface area contributed by atoms with Crippen molar-refractivity contribution in [1.29, 1.82) is 0 Å². The zero-order valence-corrected chi connectivity index (χ0v) is 6.96. The normalized spacial score (nSPS) is 10.2. The van der Waals surface area contributed by atoms with Crippen molar-refractivity contribution in [2.45, 2.75) is 0 Å². The fraction of sp³-hybridized carbons (Fsp3) is 0.833. The predicted octanol–water partition coefficient (Wildman–Crippen LogP) is -1.45. The van der Waals surface area contributed by atoms with Gasteiger partial charge in [-0.15, -0.1) is 0 Å². The Morgan fingerprint density at radius 3 is 2.73 bits per heavy atom. The molecule has 0 radical (unpaired) electrons. The third-order valence-corrected chi connectivity index (χ3v) is 1.10. The smallest absolute Gasteiger partial charge is 0.248 e. The molecule has 0 rings (SSSR count). The molecule has 0 saturated carbocycles. The molecule has 0 spiro atoms. The summed E-state index contributed by atoms with van der Waals surface area (Å²) in [5.74, 6) is 4.50. The standard InChI is InChI=1S/C6H15N3O2/c1-9(2)4-3-8-6(10)5-11-7/h3-5,7H2,1-2H3,(H,8,10). The van der Waals surface area contributed by atoms with E-state index in [9.17, 15) is 4.79 Å². The topological polar surface area (TPSA) is 67.6 Å². The van der Waals surface area contributed by atoms with E-state index < -0.39 is 0 Å². The first kappa shape index (κ1) is 10.3. The lowest BCUT2D eigenvalue weighted by molar-refractivity contribution is -0.125. The SMILES string of the molecule is CN(C)CCNC(=O)CON. The Bertz CT molecular complexity index is 116. The van der Waals surface area contributed by atoms with Crippen molar-refractivity contribution in [3.05, 3.63) is 0 Å². The minimum Gasteiger partial charge on any atom is -0.353 e. The summed E-state index contributed by atoms with van der Waals surface area (Å²) in [7, 11) is 3.87. The van der Waals surface area contributed by atoms with Crippen LogP contribution < -0.4 is 11.2 Å². The second kappa shape index (κ2) is 6.09. The molecule has 0 aliphatic rings. The highest BCUT2D eigenvalue weighted by Gasteiger charge is 1.98.